The molecule has 3 aliphatic rings. The van der Waals surface area contributed by atoms with E-state index in [-0.39, 0.29) is 0 Å². The Kier molecular flexibility index (Phi) is 1.32. The van der Waals surface area contributed by atoms with Crippen LogP contribution in [-0.2, 0) is 0 Å². The first-order valence-electron chi connectivity index (χ1n) is 4.12. The van der Waals surface area contributed by atoms with E-state index in [0.29, 0.717) is 5.82 Å². The molecule has 0 aliphatic heterocycles. The van der Waals surface area contributed by atoms with Crippen molar-refractivity contribution in [2.75, 3.05) is 0 Å². The fourth-order valence-electron chi connectivity index (χ4n) is 2.43. The SMILES string of the molecule is [B]C1CC2CCC1CC2. The highest BCUT2D eigenvalue weighted by Gasteiger charge is 2.31. The number of rotatable bonds is 0. The topological polar surface area (TPSA) is 0 Å². The Bertz CT molecular complexity index is 103. The van der Waals surface area contributed by atoms with E-state index < -0.39 is 0 Å². The van der Waals surface area contributed by atoms with Gasteiger partial charge < -0.3 is 0 Å². The Morgan fingerprint density at radius 2 is 1.67 bits per heavy atom. The second kappa shape index (κ2) is 2.03. The summed E-state index contributed by atoms with van der Waals surface area (Å²) in [5.74, 6) is 2.47. The van der Waals surface area contributed by atoms with Crippen LogP contribution < -0.4 is 0 Å². The summed E-state index contributed by atoms with van der Waals surface area (Å²) in [7, 11) is 5.92. The highest BCUT2D eigenvalue weighted by Crippen LogP contribution is 2.46. The van der Waals surface area contributed by atoms with E-state index >= 15 is 0 Å². The van der Waals surface area contributed by atoms with Crippen LogP contribution in [-0.4, -0.2) is 7.85 Å². The lowest BCUT2D eigenvalue weighted by Gasteiger charge is -2.41. The van der Waals surface area contributed by atoms with Crippen molar-refractivity contribution in [3.8, 4) is 0 Å². The molecule has 0 aromatic rings. The minimum Gasteiger partial charge on any atom is -0.0743 e. The number of hydrogen-bond donors (Lipinski definition) is 0. The minimum atomic E-state index is 0.567. The third kappa shape index (κ3) is 0.909. The zero-order valence-electron chi connectivity index (χ0n) is 5.84. The summed E-state index contributed by atoms with van der Waals surface area (Å²) in [6, 6.07) is 0. The van der Waals surface area contributed by atoms with Gasteiger partial charge in [0.1, 0.15) is 0 Å². The first-order valence-corrected chi connectivity index (χ1v) is 4.12. The molecule has 48 valence electrons. The zero-order valence-corrected chi connectivity index (χ0v) is 5.84. The Morgan fingerprint density at radius 1 is 1.00 bits per heavy atom. The van der Waals surface area contributed by atoms with Crippen molar-refractivity contribution in [2.45, 2.75) is 37.9 Å². The third-order valence-corrected chi connectivity index (χ3v) is 3.10. The number of fused-ring (bicyclic) bond motifs is 3. The summed E-state index contributed by atoms with van der Waals surface area (Å²) in [6.07, 6.45) is 7.11. The third-order valence-electron chi connectivity index (χ3n) is 3.10. The monoisotopic (exact) mass is 120 g/mol. The molecule has 1 unspecified atom stereocenters. The fraction of sp³-hybridized carbons (Fsp3) is 1.00. The molecular weight excluding hydrogens is 107 g/mol. The van der Waals surface area contributed by atoms with Crippen LogP contribution in [0.4, 0.5) is 0 Å². The van der Waals surface area contributed by atoms with Crippen molar-refractivity contribution >= 4 is 7.85 Å². The first kappa shape index (κ1) is 5.82. The lowest BCUT2D eigenvalue weighted by molar-refractivity contribution is 0.177. The molecule has 0 saturated heterocycles. The standard InChI is InChI=1S/C8H13B/c9-8-5-6-1-3-7(8)4-2-6/h6-8H,1-5H2. The van der Waals surface area contributed by atoms with Crippen molar-refractivity contribution < 1.29 is 0 Å². The Morgan fingerprint density at radius 3 is 1.89 bits per heavy atom. The molecule has 2 bridgehead atoms. The molecule has 1 atom stereocenters. The van der Waals surface area contributed by atoms with Gasteiger partial charge in [0.2, 0.25) is 0 Å². The summed E-state index contributed by atoms with van der Waals surface area (Å²) < 4.78 is 0. The summed E-state index contributed by atoms with van der Waals surface area (Å²) in [5.41, 5.74) is 0. The Hall–Kier alpha value is 0.0649. The van der Waals surface area contributed by atoms with Gasteiger partial charge in [-0.25, -0.2) is 0 Å². The lowest BCUT2D eigenvalue weighted by Crippen LogP contribution is -2.27. The first-order chi connectivity index (χ1) is 4.36. The van der Waals surface area contributed by atoms with E-state index in [9.17, 15) is 0 Å². The van der Waals surface area contributed by atoms with Crippen molar-refractivity contribution in [3.05, 3.63) is 0 Å². The van der Waals surface area contributed by atoms with Crippen molar-refractivity contribution in [1.82, 2.24) is 0 Å². The van der Waals surface area contributed by atoms with Gasteiger partial charge in [0, 0.05) is 0 Å². The Balaban J connectivity index is 2.06. The van der Waals surface area contributed by atoms with E-state index in [1.54, 1.807) is 0 Å². The predicted molar refractivity (Wildman–Crippen MR) is 39.6 cm³/mol. The molecule has 0 N–H and O–H groups in total. The van der Waals surface area contributed by atoms with Crippen LogP contribution in [0, 0.1) is 11.8 Å². The van der Waals surface area contributed by atoms with Gasteiger partial charge in [-0.05, 0) is 11.8 Å². The maximum absolute atomic E-state index is 5.92. The molecule has 2 radical (unpaired) electrons. The summed E-state index contributed by atoms with van der Waals surface area (Å²) in [5, 5.41) is 0. The molecule has 3 rings (SSSR count). The van der Waals surface area contributed by atoms with E-state index in [1.807, 2.05) is 0 Å². The largest absolute Gasteiger partial charge is 0.0743 e. The number of hydrogen-bond acceptors (Lipinski definition) is 0. The van der Waals surface area contributed by atoms with Crippen molar-refractivity contribution in [2.24, 2.45) is 11.8 Å². The maximum atomic E-state index is 5.92. The molecule has 0 aromatic heterocycles. The van der Waals surface area contributed by atoms with Crippen LogP contribution in [0.1, 0.15) is 32.1 Å². The molecule has 3 saturated carbocycles. The molecule has 0 amide bonds. The predicted octanol–water partition coefficient (Wildman–Crippen LogP) is 2.15. The van der Waals surface area contributed by atoms with Gasteiger partial charge in [0.05, 0.1) is 7.85 Å². The molecule has 9 heavy (non-hydrogen) atoms. The van der Waals surface area contributed by atoms with Crippen LogP contribution in [0.2, 0.25) is 5.82 Å². The van der Waals surface area contributed by atoms with E-state index in [1.165, 1.54) is 32.1 Å². The second-order valence-electron chi connectivity index (χ2n) is 3.68. The molecule has 0 heterocycles. The van der Waals surface area contributed by atoms with Gasteiger partial charge in [-0.2, -0.15) is 0 Å². The van der Waals surface area contributed by atoms with E-state index in [2.05, 4.69) is 0 Å². The molecule has 0 nitrogen and oxygen atoms in total. The fourth-order valence-corrected chi connectivity index (χ4v) is 2.43. The molecule has 3 aliphatic carbocycles. The highest BCUT2D eigenvalue weighted by atomic mass is 14.4. The van der Waals surface area contributed by atoms with Crippen molar-refractivity contribution in [1.29, 1.82) is 0 Å². The van der Waals surface area contributed by atoms with Gasteiger partial charge in [-0.15, -0.1) is 0 Å². The van der Waals surface area contributed by atoms with Crippen molar-refractivity contribution in [3.63, 3.8) is 0 Å². The summed E-state index contributed by atoms with van der Waals surface area (Å²) >= 11 is 0. The normalized spacial score (nSPS) is 49.6. The van der Waals surface area contributed by atoms with Crippen LogP contribution in [0.3, 0.4) is 0 Å². The zero-order chi connectivity index (χ0) is 6.27. The van der Waals surface area contributed by atoms with Gasteiger partial charge >= 0.3 is 0 Å². The summed E-state index contributed by atoms with van der Waals surface area (Å²) in [4.78, 5) is 0. The average molecular weight is 120 g/mol. The molecule has 1 heteroatoms. The van der Waals surface area contributed by atoms with E-state index in [0.717, 1.165) is 11.8 Å². The van der Waals surface area contributed by atoms with Gasteiger partial charge in [-0.3, -0.25) is 0 Å². The Labute approximate surface area is 58.4 Å². The van der Waals surface area contributed by atoms with E-state index in [4.69, 9.17) is 7.85 Å². The van der Waals surface area contributed by atoms with Gasteiger partial charge in [0.15, 0.2) is 0 Å². The van der Waals surface area contributed by atoms with Crippen LogP contribution in [0.15, 0.2) is 0 Å². The van der Waals surface area contributed by atoms with Gasteiger partial charge in [0.25, 0.3) is 0 Å². The lowest BCUT2D eigenvalue weighted by atomic mass is 9.58. The highest BCUT2D eigenvalue weighted by molar-refractivity contribution is 6.11. The molecular formula is C8H13B. The molecule has 0 spiro atoms. The van der Waals surface area contributed by atoms with Crippen LogP contribution >= 0.6 is 0 Å². The smallest absolute Gasteiger partial charge is 0.0703 e. The average Bonchev–Trinajstić information content (AvgIpc) is 1.90. The van der Waals surface area contributed by atoms with Crippen LogP contribution in [0.25, 0.3) is 0 Å². The maximum Gasteiger partial charge on any atom is 0.0703 e. The second-order valence-corrected chi connectivity index (χ2v) is 3.68. The molecule has 3 fully saturated rings. The van der Waals surface area contributed by atoms with Gasteiger partial charge in [-0.1, -0.05) is 37.9 Å². The molecule has 0 aromatic carbocycles. The minimum absolute atomic E-state index is 0.567. The summed E-state index contributed by atoms with van der Waals surface area (Å²) in [6.45, 7) is 0. The van der Waals surface area contributed by atoms with Crippen LogP contribution in [0.5, 0.6) is 0 Å². The quantitative estimate of drug-likeness (QED) is 0.429.